The lowest BCUT2D eigenvalue weighted by molar-refractivity contribution is -0.130. The summed E-state index contributed by atoms with van der Waals surface area (Å²) in [6.45, 7) is 3.28. The number of para-hydroxylation sites is 2. The molecule has 0 saturated heterocycles. The lowest BCUT2D eigenvalue weighted by Gasteiger charge is -2.16. The molecule has 140 valence electrons. The number of carbonyl (C=O) groups is 1. The molecule has 3 aromatic rings. The summed E-state index contributed by atoms with van der Waals surface area (Å²) in [5, 5.41) is 8.03. The van der Waals surface area contributed by atoms with E-state index >= 15 is 0 Å². The molecule has 1 aromatic carbocycles. The first-order valence-corrected chi connectivity index (χ1v) is 9.40. The zero-order valence-corrected chi connectivity index (χ0v) is 15.6. The molecule has 0 fully saturated rings. The highest BCUT2D eigenvalue weighted by Crippen LogP contribution is 2.12. The molecule has 0 aliphatic carbocycles. The smallest absolute Gasteiger partial charge is 0.223 e. The molecular weight excluding hydrogens is 340 g/mol. The van der Waals surface area contributed by atoms with E-state index < -0.39 is 0 Å². The Labute approximate surface area is 158 Å². The third-order valence-electron chi connectivity index (χ3n) is 4.86. The molecule has 1 aliphatic rings. The average Bonchev–Trinajstić information content (AvgIpc) is 2.95. The molecule has 0 radical (unpaired) electrons. The van der Waals surface area contributed by atoms with Crippen LogP contribution in [0.1, 0.15) is 29.9 Å². The van der Waals surface area contributed by atoms with Gasteiger partial charge < -0.3 is 10.2 Å². The molecule has 0 bridgehead atoms. The summed E-state index contributed by atoms with van der Waals surface area (Å²) >= 11 is 0. The van der Waals surface area contributed by atoms with Crippen LogP contribution in [0.2, 0.25) is 0 Å². The summed E-state index contributed by atoms with van der Waals surface area (Å²) in [5.41, 5.74) is 4.70. The Bertz CT molecular complexity index is 927. The van der Waals surface area contributed by atoms with Crippen LogP contribution in [0, 0.1) is 0 Å². The summed E-state index contributed by atoms with van der Waals surface area (Å²) in [4.78, 5) is 23.2. The number of rotatable bonds is 5. The molecule has 2 aromatic heterocycles. The van der Waals surface area contributed by atoms with Gasteiger partial charge in [0.05, 0.1) is 40.9 Å². The molecule has 0 unspecified atom stereocenters. The van der Waals surface area contributed by atoms with Crippen LogP contribution in [-0.2, 0) is 30.8 Å². The molecule has 1 amide bonds. The molecule has 7 heteroatoms. The summed E-state index contributed by atoms with van der Waals surface area (Å²) in [6, 6.07) is 9.87. The third kappa shape index (κ3) is 4.14. The first kappa shape index (κ1) is 17.6. The normalized spacial score (nSPS) is 14.0. The average molecular weight is 364 g/mol. The van der Waals surface area contributed by atoms with E-state index in [4.69, 9.17) is 0 Å². The summed E-state index contributed by atoms with van der Waals surface area (Å²) in [6.07, 6.45) is 3.93. The Morgan fingerprint density at radius 1 is 1.26 bits per heavy atom. The summed E-state index contributed by atoms with van der Waals surface area (Å²) in [5.74, 6) is 0.0891. The molecule has 0 atom stereocenters. The molecule has 7 nitrogen and oxygen atoms in total. The van der Waals surface area contributed by atoms with Gasteiger partial charge in [0.25, 0.3) is 0 Å². The second-order valence-corrected chi connectivity index (χ2v) is 6.98. The first-order chi connectivity index (χ1) is 13.2. The molecule has 3 heterocycles. The standard InChI is InChI=1S/C20H24N6O/c1-25(14-16-12-22-18-5-2-3-6-19(18)23-16)20(27)8-7-15-11-17-13-21-9-4-10-26(17)24-15/h2-3,5-6,11-12,21H,4,7-10,13-14H2,1H3. The van der Waals surface area contributed by atoms with E-state index in [2.05, 4.69) is 31.1 Å². The van der Waals surface area contributed by atoms with Crippen molar-refractivity contribution in [2.24, 2.45) is 0 Å². The number of aryl methyl sites for hydroxylation is 2. The van der Waals surface area contributed by atoms with Gasteiger partial charge in [0.1, 0.15) is 0 Å². The van der Waals surface area contributed by atoms with E-state index in [1.165, 1.54) is 5.69 Å². The maximum Gasteiger partial charge on any atom is 0.223 e. The van der Waals surface area contributed by atoms with Crippen LogP contribution in [-0.4, -0.2) is 44.1 Å². The van der Waals surface area contributed by atoms with E-state index in [0.717, 1.165) is 48.5 Å². The van der Waals surface area contributed by atoms with Crippen LogP contribution >= 0.6 is 0 Å². The van der Waals surface area contributed by atoms with Gasteiger partial charge in [-0.1, -0.05) is 12.1 Å². The van der Waals surface area contributed by atoms with Crippen molar-refractivity contribution in [2.75, 3.05) is 13.6 Å². The second-order valence-electron chi connectivity index (χ2n) is 6.98. The van der Waals surface area contributed by atoms with Gasteiger partial charge in [-0.15, -0.1) is 0 Å². The molecule has 1 N–H and O–H groups in total. The zero-order chi connectivity index (χ0) is 18.6. The number of carbonyl (C=O) groups excluding carboxylic acids is 1. The van der Waals surface area contributed by atoms with E-state index in [9.17, 15) is 4.79 Å². The topological polar surface area (TPSA) is 75.9 Å². The number of benzene rings is 1. The fraction of sp³-hybridized carbons (Fsp3) is 0.400. The lowest BCUT2D eigenvalue weighted by atomic mass is 10.2. The van der Waals surface area contributed by atoms with Gasteiger partial charge in [-0.3, -0.25) is 14.5 Å². The van der Waals surface area contributed by atoms with Gasteiger partial charge in [0.15, 0.2) is 0 Å². The predicted molar refractivity (Wildman–Crippen MR) is 103 cm³/mol. The number of fused-ring (bicyclic) bond motifs is 2. The molecule has 1 aliphatic heterocycles. The van der Waals surface area contributed by atoms with Crippen LogP contribution in [0.15, 0.2) is 36.5 Å². The quantitative estimate of drug-likeness (QED) is 0.748. The van der Waals surface area contributed by atoms with Crippen LogP contribution in [0.3, 0.4) is 0 Å². The van der Waals surface area contributed by atoms with E-state index in [1.807, 2.05) is 31.3 Å². The Kier molecular flexibility index (Phi) is 5.11. The van der Waals surface area contributed by atoms with Crippen LogP contribution in [0.4, 0.5) is 0 Å². The highest BCUT2D eigenvalue weighted by atomic mass is 16.2. The molecule has 0 spiro atoms. The fourth-order valence-corrected chi connectivity index (χ4v) is 3.37. The monoisotopic (exact) mass is 364 g/mol. The zero-order valence-electron chi connectivity index (χ0n) is 15.6. The van der Waals surface area contributed by atoms with Gasteiger partial charge in [-0.05, 0) is 31.2 Å². The maximum atomic E-state index is 12.5. The van der Waals surface area contributed by atoms with Crippen molar-refractivity contribution in [1.29, 1.82) is 0 Å². The third-order valence-corrected chi connectivity index (χ3v) is 4.86. The van der Waals surface area contributed by atoms with Crippen molar-refractivity contribution >= 4 is 16.9 Å². The van der Waals surface area contributed by atoms with Crippen molar-refractivity contribution in [1.82, 2.24) is 30.0 Å². The Morgan fingerprint density at radius 3 is 3.00 bits per heavy atom. The minimum atomic E-state index is 0.0891. The Balaban J connectivity index is 1.34. The van der Waals surface area contributed by atoms with Crippen LogP contribution in [0.5, 0.6) is 0 Å². The van der Waals surface area contributed by atoms with Crippen molar-refractivity contribution in [3.63, 3.8) is 0 Å². The molecule has 4 rings (SSSR count). The van der Waals surface area contributed by atoms with E-state index in [1.54, 1.807) is 11.1 Å². The SMILES string of the molecule is CN(Cc1cnc2ccccc2n1)C(=O)CCc1cc2n(n1)CCCNC2. The summed E-state index contributed by atoms with van der Waals surface area (Å²) in [7, 11) is 1.81. The largest absolute Gasteiger partial charge is 0.340 e. The van der Waals surface area contributed by atoms with E-state index in [0.29, 0.717) is 19.4 Å². The molecular formula is C20H24N6O. The van der Waals surface area contributed by atoms with Crippen molar-refractivity contribution in [3.8, 4) is 0 Å². The lowest BCUT2D eigenvalue weighted by Crippen LogP contribution is -2.27. The predicted octanol–water partition coefficient (Wildman–Crippen LogP) is 1.91. The minimum Gasteiger partial charge on any atom is -0.340 e. The number of nitrogens with one attached hydrogen (secondary N) is 1. The first-order valence-electron chi connectivity index (χ1n) is 9.40. The maximum absolute atomic E-state index is 12.5. The highest BCUT2D eigenvalue weighted by molar-refractivity contribution is 5.76. The molecule has 27 heavy (non-hydrogen) atoms. The number of aromatic nitrogens is 4. The van der Waals surface area contributed by atoms with Crippen molar-refractivity contribution in [2.45, 2.75) is 38.9 Å². The minimum absolute atomic E-state index is 0.0891. The number of hydrogen-bond donors (Lipinski definition) is 1. The Morgan fingerprint density at radius 2 is 2.11 bits per heavy atom. The number of amides is 1. The van der Waals surface area contributed by atoms with Gasteiger partial charge in [0, 0.05) is 33.0 Å². The van der Waals surface area contributed by atoms with Crippen molar-refractivity contribution < 1.29 is 4.79 Å². The second kappa shape index (κ2) is 7.84. The number of nitrogens with zero attached hydrogens (tertiary/aromatic N) is 5. The molecule has 0 saturated carbocycles. The van der Waals surface area contributed by atoms with Crippen molar-refractivity contribution in [3.05, 3.63) is 53.6 Å². The summed E-state index contributed by atoms with van der Waals surface area (Å²) < 4.78 is 2.06. The Hall–Kier alpha value is -2.80. The highest BCUT2D eigenvalue weighted by Gasteiger charge is 2.14. The van der Waals surface area contributed by atoms with Crippen LogP contribution in [0.25, 0.3) is 11.0 Å². The van der Waals surface area contributed by atoms with Gasteiger partial charge in [-0.2, -0.15) is 5.10 Å². The van der Waals surface area contributed by atoms with E-state index in [-0.39, 0.29) is 5.91 Å². The van der Waals surface area contributed by atoms with Crippen LogP contribution < -0.4 is 5.32 Å². The van der Waals surface area contributed by atoms with Gasteiger partial charge >= 0.3 is 0 Å². The number of hydrogen-bond acceptors (Lipinski definition) is 5. The fourth-order valence-electron chi connectivity index (χ4n) is 3.37. The van der Waals surface area contributed by atoms with Gasteiger partial charge in [-0.25, -0.2) is 4.98 Å². The van der Waals surface area contributed by atoms with Gasteiger partial charge in [0.2, 0.25) is 5.91 Å².